The number of hydrogen-bond acceptors (Lipinski definition) is 4. The third-order valence-corrected chi connectivity index (χ3v) is 7.35. The molecule has 0 spiro atoms. The summed E-state index contributed by atoms with van der Waals surface area (Å²) in [5, 5.41) is 0. The largest absolute Gasteiger partial charge is 0.497 e. The standard InChI is InChI=1S/C24H23NO4S/c1-17-6-12-22(13-7-17)30(27,28)25-15-20(14-18-8-10-21(29-2)11-9-18)24-19(16-26)4-3-5-23(24)25/h3-13,16,20H,14-15H2,1-2H3. The Morgan fingerprint density at radius 1 is 1.03 bits per heavy atom. The molecule has 1 aliphatic heterocycles. The molecule has 1 aliphatic rings. The van der Waals surface area contributed by atoms with Crippen molar-refractivity contribution < 1.29 is 17.9 Å². The highest BCUT2D eigenvalue weighted by Gasteiger charge is 2.37. The summed E-state index contributed by atoms with van der Waals surface area (Å²) in [6.07, 6.45) is 1.43. The maximum absolute atomic E-state index is 13.4. The lowest BCUT2D eigenvalue weighted by molar-refractivity contribution is 0.112. The molecule has 0 saturated carbocycles. The third-order valence-electron chi connectivity index (χ3n) is 5.56. The third kappa shape index (κ3) is 3.59. The van der Waals surface area contributed by atoms with Crippen molar-refractivity contribution in [2.75, 3.05) is 18.0 Å². The molecular formula is C24H23NO4S. The molecule has 3 aromatic carbocycles. The minimum atomic E-state index is -3.73. The number of carbonyl (C=O) groups is 1. The van der Waals surface area contributed by atoms with Gasteiger partial charge < -0.3 is 4.74 Å². The molecule has 0 aliphatic carbocycles. The van der Waals surface area contributed by atoms with Gasteiger partial charge in [0.2, 0.25) is 0 Å². The number of aryl methyl sites for hydroxylation is 1. The quantitative estimate of drug-likeness (QED) is 0.555. The summed E-state index contributed by atoms with van der Waals surface area (Å²) in [5.74, 6) is 0.651. The van der Waals surface area contributed by atoms with Gasteiger partial charge in [0.25, 0.3) is 10.0 Å². The van der Waals surface area contributed by atoms with E-state index in [1.807, 2.05) is 31.2 Å². The molecule has 6 heteroatoms. The van der Waals surface area contributed by atoms with E-state index in [0.717, 1.165) is 28.7 Å². The predicted octanol–water partition coefficient (Wildman–Crippen LogP) is 4.35. The van der Waals surface area contributed by atoms with Crippen molar-refractivity contribution in [2.45, 2.75) is 24.2 Å². The Kier molecular flexibility index (Phi) is 5.35. The molecule has 154 valence electrons. The number of methoxy groups -OCH3 is 1. The Labute approximate surface area is 177 Å². The zero-order chi connectivity index (χ0) is 21.3. The number of sulfonamides is 1. The van der Waals surface area contributed by atoms with Crippen molar-refractivity contribution in [1.82, 2.24) is 0 Å². The lowest BCUT2D eigenvalue weighted by Crippen LogP contribution is -2.30. The summed E-state index contributed by atoms with van der Waals surface area (Å²) in [5.41, 5.74) is 3.96. The van der Waals surface area contributed by atoms with E-state index in [-0.39, 0.29) is 10.8 Å². The van der Waals surface area contributed by atoms with E-state index in [1.165, 1.54) is 4.31 Å². The molecule has 1 unspecified atom stereocenters. The van der Waals surface area contributed by atoms with Crippen molar-refractivity contribution >= 4 is 22.0 Å². The zero-order valence-electron chi connectivity index (χ0n) is 16.9. The van der Waals surface area contributed by atoms with E-state index in [2.05, 4.69) is 0 Å². The number of benzene rings is 3. The second-order valence-corrected chi connectivity index (χ2v) is 9.36. The summed E-state index contributed by atoms with van der Waals surface area (Å²) < 4.78 is 33.5. The van der Waals surface area contributed by atoms with E-state index >= 15 is 0 Å². The van der Waals surface area contributed by atoms with Crippen LogP contribution in [0.5, 0.6) is 5.75 Å². The van der Waals surface area contributed by atoms with Crippen molar-refractivity contribution in [3.05, 3.63) is 89.0 Å². The first-order chi connectivity index (χ1) is 14.4. The highest BCUT2D eigenvalue weighted by molar-refractivity contribution is 7.92. The van der Waals surface area contributed by atoms with Gasteiger partial charge in [-0.3, -0.25) is 9.10 Å². The van der Waals surface area contributed by atoms with Gasteiger partial charge in [0.1, 0.15) is 12.0 Å². The number of fused-ring (bicyclic) bond motifs is 1. The van der Waals surface area contributed by atoms with Crippen LogP contribution in [0.3, 0.4) is 0 Å². The van der Waals surface area contributed by atoms with Crippen molar-refractivity contribution in [2.24, 2.45) is 0 Å². The fraction of sp³-hybridized carbons (Fsp3) is 0.208. The van der Waals surface area contributed by atoms with Crippen LogP contribution in [-0.2, 0) is 16.4 Å². The maximum Gasteiger partial charge on any atom is 0.264 e. The number of hydrogen-bond donors (Lipinski definition) is 0. The van der Waals surface area contributed by atoms with Gasteiger partial charge in [-0.2, -0.15) is 0 Å². The first-order valence-corrected chi connectivity index (χ1v) is 11.2. The average Bonchev–Trinajstić information content (AvgIpc) is 3.14. The van der Waals surface area contributed by atoms with Crippen molar-refractivity contribution in [3.8, 4) is 5.75 Å². The monoisotopic (exact) mass is 421 g/mol. The van der Waals surface area contributed by atoms with Gasteiger partial charge in [-0.05, 0) is 54.8 Å². The molecule has 0 saturated heterocycles. The smallest absolute Gasteiger partial charge is 0.264 e. The fourth-order valence-corrected chi connectivity index (χ4v) is 5.53. The first kappa shape index (κ1) is 20.2. The molecule has 5 nitrogen and oxygen atoms in total. The van der Waals surface area contributed by atoms with Crippen LogP contribution < -0.4 is 9.04 Å². The van der Waals surface area contributed by atoms with Gasteiger partial charge >= 0.3 is 0 Å². The second kappa shape index (κ2) is 7.95. The highest BCUT2D eigenvalue weighted by atomic mass is 32.2. The Morgan fingerprint density at radius 2 is 1.73 bits per heavy atom. The summed E-state index contributed by atoms with van der Waals surface area (Å²) in [4.78, 5) is 12.0. The Morgan fingerprint density at radius 3 is 2.37 bits per heavy atom. The topological polar surface area (TPSA) is 63.7 Å². The van der Waals surface area contributed by atoms with Crippen LogP contribution in [0.15, 0.2) is 71.6 Å². The van der Waals surface area contributed by atoms with Gasteiger partial charge in [0, 0.05) is 18.0 Å². The number of nitrogens with zero attached hydrogens (tertiary/aromatic N) is 1. The van der Waals surface area contributed by atoms with E-state index in [0.29, 0.717) is 24.2 Å². The molecule has 4 rings (SSSR count). The van der Waals surface area contributed by atoms with Crippen LogP contribution >= 0.6 is 0 Å². The second-order valence-electron chi connectivity index (χ2n) is 7.50. The molecule has 0 aromatic heterocycles. The number of ether oxygens (including phenoxy) is 1. The van der Waals surface area contributed by atoms with Gasteiger partial charge in [0.15, 0.2) is 0 Å². The predicted molar refractivity (Wildman–Crippen MR) is 117 cm³/mol. The van der Waals surface area contributed by atoms with Crippen LogP contribution in [0.4, 0.5) is 5.69 Å². The molecule has 0 radical (unpaired) electrons. The normalized spacial score (nSPS) is 15.7. The SMILES string of the molecule is COc1ccc(CC2CN(S(=O)(=O)c3ccc(C)cc3)c3cccc(C=O)c32)cc1. The minimum absolute atomic E-state index is 0.116. The number of aldehydes is 1. The number of rotatable bonds is 6. The van der Waals surface area contributed by atoms with E-state index in [9.17, 15) is 13.2 Å². The van der Waals surface area contributed by atoms with Crippen molar-refractivity contribution in [1.29, 1.82) is 0 Å². The van der Waals surface area contributed by atoms with E-state index in [4.69, 9.17) is 4.74 Å². The Hall–Kier alpha value is -3.12. The minimum Gasteiger partial charge on any atom is -0.497 e. The van der Waals surface area contributed by atoms with Crippen LogP contribution in [-0.4, -0.2) is 28.4 Å². The van der Waals surface area contributed by atoms with Crippen LogP contribution in [0.1, 0.15) is 33.0 Å². The van der Waals surface area contributed by atoms with Gasteiger partial charge in [0.05, 0.1) is 17.7 Å². The van der Waals surface area contributed by atoms with E-state index < -0.39 is 10.0 Å². The molecule has 1 atom stereocenters. The van der Waals surface area contributed by atoms with Crippen LogP contribution in [0, 0.1) is 6.92 Å². The average molecular weight is 422 g/mol. The van der Waals surface area contributed by atoms with Crippen LogP contribution in [0.2, 0.25) is 0 Å². The molecule has 0 amide bonds. The maximum atomic E-state index is 13.4. The fourth-order valence-electron chi connectivity index (χ4n) is 4.00. The number of anilines is 1. The highest BCUT2D eigenvalue weighted by Crippen LogP contribution is 2.42. The Bertz CT molecular complexity index is 1170. The van der Waals surface area contributed by atoms with Crippen LogP contribution in [0.25, 0.3) is 0 Å². The van der Waals surface area contributed by atoms with Gasteiger partial charge in [-0.15, -0.1) is 0 Å². The van der Waals surface area contributed by atoms with Gasteiger partial charge in [-0.1, -0.05) is 42.0 Å². The summed E-state index contributed by atoms with van der Waals surface area (Å²) in [7, 11) is -2.11. The summed E-state index contributed by atoms with van der Waals surface area (Å²) in [6, 6.07) is 19.8. The van der Waals surface area contributed by atoms with Gasteiger partial charge in [-0.25, -0.2) is 8.42 Å². The van der Waals surface area contributed by atoms with Crippen molar-refractivity contribution in [3.63, 3.8) is 0 Å². The zero-order valence-corrected chi connectivity index (χ0v) is 17.7. The lowest BCUT2D eigenvalue weighted by atomic mass is 9.91. The molecule has 30 heavy (non-hydrogen) atoms. The first-order valence-electron chi connectivity index (χ1n) is 9.74. The molecule has 3 aromatic rings. The Balaban J connectivity index is 1.74. The summed E-state index contributed by atoms with van der Waals surface area (Å²) in [6.45, 7) is 2.21. The van der Waals surface area contributed by atoms with E-state index in [1.54, 1.807) is 49.6 Å². The molecule has 1 heterocycles. The molecular weight excluding hydrogens is 398 g/mol. The lowest BCUT2D eigenvalue weighted by Gasteiger charge is -2.20. The molecule has 0 N–H and O–H groups in total. The number of carbonyl (C=O) groups excluding carboxylic acids is 1. The summed E-state index contributed by atoms with van der Waals surface area (Å²) >= 11 is 0. The molecule has 0 bridgehead atoms. The molecule has 0 fully saturated rings.